The van der Waals surface area contributed by atoms with Gasteiger partial charge in [-0.2, -0.15) is 5.26 Å². The van der Waals surface area contributed by atoms with Crippen molar-refractivity contribution in [3.63, 3.8) is 0 Å². The van der Waals surface area contributed by atoms with Crippen LogP contribution in [0.1, 0.15) is 43.2 Å². The highest BCUT2D eigenvalue weighted by Gasteiger charge is 2.21. The monoisotopic (exact) mass is 582 g/mol. The molecule has 0 radical (unpaired) electrons. The molecular weight excluding hydrogens is 552 g/mol. The van der Waals surface area contributed by atoms with Crippen molar-refractivity contribution >= 4 is 55.7 Å². The van der Waals surface area contributed by atoms with E-state index in [0.29, 0.717) is 27.7 Å². The summed E-state index contributed by atoms with van der Waals surface area (Å²) in [6, 6.07) is 13.5. The highest BCUT2D eigenvalue weighted by Crippen LogP contribution is 2.39. The van der Waals surface area contributed by atoms with Gasteiger partial charge in [0, 0.05) is 33.8 Å². The second kappa shape index (κ2) is 13.7. The molecule has 0 amide bonds. The Labute approximate surface area is 237 Å². The zero-order valence-corrected chi connectivity index (χ0v) is 23.6. The quantitative estimate of drug-likeness (QED) is 0.0880. The van der Waals surface area contributed by atoms with E-state index in [0.717, 1.165) is 53.9 Å². The fourth-order valence-corrected chi connectivity index (χ4v) is 5.64. The largest absolute Gasteiger partial charge is 0.368 e. The third kappa shape index (κ3) is 7.15. The standard InChI is InChI=1S/C27H30N6O5S2/c1-3-40(35,36)16-15-29-26-22(17-28)18(2)25(27(31-26)30-19-9-5-4-6-10-19)33-32-23-13-14-24(39-38-37-34)21-12-8-7-11-20(21)23/h3,7-8,11-14,19,34H,1,4-6,9-10,15-16H2,2H3,(H2,29,30,31). The minimum absolute atomic E-state index is 0.0700. The van der Waals surface area contributed by atoms with Crippen molar-refractivity contribution in [2.24, 2.45) is 10.2 Å². The molecule has 2 aromatic carbocycles. The molecule has 1 aliphatic rings. The Kier molecular flexibility index (Phi) is 10.1. The maximum absolute atomic E-state index is 11.9. The number of hydrogen-bond donors (Lipinski definition) is 3. The molecule has 1 saturated carbocycles. The molecule has 0 atom stereocenters. The van der Waals surface area contributed by atoms with E-state index in [1.807, 2.05) is 24.3 Å². The number of pyridine rings is 1. The number of fused-ring (bicyclic) bond motifs is 1. The molecule has 1 aliphatic carbocycles. The average Bonchev–Trinajstić information content (AvgIpc) is 2.96. The number of nitrogens with one attached hydrogen (secondary N) is 2. The van der Waals surface area contributed by atoms with Crippen LogP contribution >= 0.6 is 12.0 Å². The van der Waals surface area contributed by atoms with Crippen molar-refractivity contribution < 1.29 is 23.0 Å². The molecule has 4 rings (SSSR count). The number of rotatable bonds is 12. The first-order valence-corrected chi connectivity index (χ1v) is 15.2. The summed E-state index contributed by atoms with van der Waals surface area (Å²) in [6.45, 7) is 5.18. The van der Waals surface area contributed by atoms with Crippen LogP contribution in [0.15, 0.2) is 63.5 Å². The van der Waals surface area contributed by atoms with Crippen LogP contribution in [-0.2, 0) is 19.2 Å². The van der Waals surface area contributed by atoms with E-state index < -0.39 is 9.84 Å². The third-order valence-corrected chi connectivity index (χ3v) is 8.62. The summed E-state index contributed by atoms with van der Waals surface area (Å²) >= 11 is 0.863. The van der Waals surface area contributed by atoms with E-state index in [4.69, 9.17) is 5.26 Å². The molecule has 40 heavy (non-hydrogen) atoms. The molecule has 11 nitrogen and oxygen atoms in total. The molecule has 210 valence electrons. The topological polar surface area (TPSA) is 158 Å². The normalized spacial score (nSPS) is 14.3. The van der Waals surface area contributed by atoms with Gasteiger partial charge in [0.2, 0.25) is 0 Å². The van der Waals surface area contributed by atoms with Crippen molar-refractivity contribution in [2.75, 3.05) is 22.9 Å². The summed E-state index contributed by atoms with van der Waals surface area (Å²) in [4.78, 5) is 5.40. The van der Waals surface area contributed by atoms with Crippen LogP contribution in [0.5, 0.6) is 0 Å². The summed E-state index contributed by atoms with van der Waals surface area (Å²) in [5.41, 5.74) is 1.85. The van der Waals surface area contributed by atoms with Gasteiger partial charge in [0.1, 0.15) is 17.6 Å². The van der Waals surface area contributed by atoms with Crippen molar-refractivity contribution in [2.45, 2.75) is 50.0 Å². The molecule has 1 aromatic heterocycles. The lowest BCUT2D eigenvalue weighted by molar-refractivity contribution is -0.432. The van der Waals surface area contributed by atoms with Crippen molar-refractivity contribution in [3.05, 3.63) is 59.5 Å². The van der Waals surface area contributed by atoms with Gasteiger partial charge in [0.15, 0.2) is 15.7 Å². The predicted molar refractivity (Wildman–Crippen MR) is 155 cm³/mol. The molecule has 0 unspecified atom stereocenters. The third-order valence-electron chi connectivity index (χ3n) is 6.68. The second-order valence-corrected chi connectivity index (χ2v) is 12.1. The molecule has 0 aliphatic heterocycles. The van der Waals surface area contributed by atoms with Crippen LogP contribution in [0.2, 0.25) is 0 Å². The molecule has 0 bridgehead atoms. The highest BCUT2D eigenvalue weighted by molar-refractivity contribution is 7.94. The van der Waals surface area contributed by atoms with Gasteiger partial charge < -0.3 is 10.6 Å². The van der Waals surface area contributed by atoms with Crippen molar-refractivity contribution in [1.82, 2.24) is 4.98 Å². The van der Waals surface area contributed by atoms with Gasteiger partial charge in [-0.1, -0.05) is 55.1 Å². The molecule has 1 heterocycles. The van der Waals surface area contributed by atoms with E-state index in [-0.39, 0.29) is 29.7 Å². The van der Waals surface area contributed by atoms with Crippen molar-refractivity contribution in [3.8, 4) is 6.07 Å². The first-order valence-electron chi connectivity index (χ1n) is 12.8. The van der Waals surface area contributed by atoms with Crippen molar-refractivity contribution in [1.29, 1.82) is 5.26 Å². The second-order valence-electron chi connectivity index (χ2n) is 9.26. The minimum atomic E-state index is -3.41. The van der Waals surface area contributed by atoms with Gasteiger partial charge in [-0.05, 0) is 37.3 Å². The van der Waals surface area contributed by atoms with Crippen LogP contribution in [0.4, 0.5) is 23.0 Å². The molecule has 1 fully saturated rings. The molecule has 3 N–H and O–H groups in total. The molecular formula is C27H30N6O5S2. The van der Waals surface area contributed by atoms with Crippen LogP contribution < -0.4 is 10.6 Å². The number of hydrogen-bond acceptors (Lipinski definition) is 12. The number of nitriles is 1. The first kappa shape index (κ1) is 29.4. The van der Waals surface area contributed by atoms with Gasteiger partial charge in [0.25, 0.3) is 0 Å². The maximum Gasteiger partial charge on any atom is 0.172 e. The number of nitrogens with zero attached hydrogens (tertiary/aromatic N) is 4. The zero-order valence-electron chi connectivity index (χ0n) is 22.0. The summed E-state index contributed by atoms with van der Waals surface area (Å²) in [5, 5.41) is 40.4. The van der Waals surface area contributed by atoms with Gasteiger partial charge in [0.05, 0.1) is 29.0 Å². The zero-order chi connectivity index (χ0) is 28.5. The predicted octanol–water partition coefficient (Wildman–Crippen LogP) is 6.97. The van der Waals surface area contributed by atoms with E-state index in [2.05, 4.69) is 47.9 Å². The lowest BCUT2D eigenvalue weighted by Gasteiger charge is -2.25. The highest BCUT2D eigenvalue weighted by atomic mass is 32.2. The van der Waals surface area contributed by atoms with E-state index >= 15 is 0 Å². The lowest BCUT2D eigenvalue weighted by atomic mass is 9.95. The van der Waals surface area contributed by atoms with E-state index in [9.17, 15) is 13.7 Å². The summed E-state index contributed by atoms with van der Waals surface area (Å²) < 4.78 is 28.4. The Morgan fingerprint density at radius 3 is 2.62 bits per heavy atom. The molecule has 0 spiro atoms. The number of sulfone groups is 1. The van der Waals surface area contributed by atoms with Gasteiger partial charge in [-0.25, -0.2) is 18.7 Å². The van der Waals surface area contributed by atoms with Crippen LogP contribution in [0, 0.1) is 18.3 Å². The fourth-order valence-electron chi connectivity index (χ4n) is 4.59. The minimum Gasteiger partial charge on any atom is -0.368 e. The van der Waals surface area contributed by atoms with E-state index in [1.54, 1.807) is 19.1 Å². The fraction of sp³-hybridized carbons (Fsp3) is 0.333. The van der Waals surface area contributed by atoms with Crippen LogP contribution in [0.25, 0.3) is 10.8 Å². The number of aromatic nitrogens is 1. The molecule has 13 heteroatoms. The summed E-state index contributed by atoms with van der Waals surface area (Å²) in [5.74, 6) is 0.590. The molecule has 3 aromatic rings. The Morgan fingerprint density at radius 2 is 1.93 bits per heavy atom. The number of benzene rings is 2. The average molecular weight is 583 g/mol. The van der Waals surface area contributed by atoms with Crippen LogP contribution in [0.3, 0.4) is 0 Å². The Morgan fingerprint density at radius 1 is 1.18 bits per heavy atom. The Hall–Kier alpha value is -3.54. The number of azo groups is 1. The lowest BCUT2D eigenvalue weighted by Crippen LogP contribution is -2.23. The Balaban J connectivity index is 1.74. The van der Waals surface area contributed by atoms with Crippen LogP contribution in [-0.4, -0.2) is 37.0 Å². The first-order chi connectivity index (χ1) is 19.4. The molecule has 0 saturated heterocycles. The summed E-state index contributed by atoms with van der Waals surface area (Å²) in [7, 11) is -3.41. The SMILES string of the molecule is C=CS(=O)(=O)CCNc1nc(NC2CCCCC2)c(N=Nc2ccc(SOOO)c3ccccc23)c(C)c1C#N. The van der Waals surface area contributed by atoms with E-state index in [1.165, 1.54) is 6.42 Å². The number of anilines is 2. The van der Waals surface area contributed by atoms with Gasteiger partial charge in [-0.3, -0.25) is 0 Å². The smallest absolute Gasteiger partial charge is 0.172 e. The van der Waals surface area contributed by atoms with Gasteiger partial charge in [-0.15, -0.1) is 14.6 Å². The maximum atomic E-state index is 11.9. The van der Waals surface area contributed by atoms with Gasteiger partial charge >= 0.3 is 0 Å². The Bertz CT molecular complexity index is 1550. The summed E-state index contributed by atoms with van der Waals surface area (Å²) in [6.07, 6.45) is 5.37.